The summed E-state index contributed by atoms with van der Waals surface area (Å²) in [6.45, 7) is 12.7. The molecular weight excluding hydrogens is 404 g/mol. The van der Waals surface area contributed by atoms with Gasteiger partial charge in [-0.3, -0.25) is 4.79 Å². The number of allylic oxidation sites excluding steroid dienone is 3. The molecule has 3 rings (SSSR count). The van der Waals surface area contributed by atoms with Gasteiger partial charge in [0, 0.05) is 55.2 Å². The number of ketones is 1. The molecule has 1 aliphatic heterocycles. The van der Waals surface area contributed by atoms with Gasteiger partial charge in [0.1, 0.15) is 6.61 Å². The van der Waals surface area contributed by atoms with Crippen molar-refractivity contribution in [3.05, 3.63) is 52.4 Å². The van der Waals surface area contributed by atoms with Crippen molar-refractivity contribution in [2.24, 2.45) is 5.41 Å². The largest absolute Gasteiger partial charge is 0.460 e. The minimum absolute atomic E-state index is 0.0938. The van der Waals surface area contributed by atoms with Crippen molar-refractivity contribution in [2.45, 2.75) is 53.4 Å². The number of carbonyl (C=O) groups excluding carboxylic acids is 2. The Kier molecular flexibility index (Phi) is 7.44. The van der Waals surface area contributed by atoms with Crippen LogP contribution in [0.25, 0.3) is 0 Å². The van der Waals surface area contributed by atoms with E-state index in [4.69, 9.17) is 9.47 Å². The molecule has 0 radical (unpaired) electrons. The van der Waals surface area contributed by atoms with Crippen molar-refractivity contribution in [1.29, 1.82) is 0 Å². The lowest BCUT2D eigenvalue weighted by Crippen LogP contribution is -2.38. The second kappa shape index (κ2) is 9.90. The molecule has 1 N–H and O–H groups in total. The van der Waals surface area contributed by atoms with Crippen molar-refractivity contribution >= 4 is 17.4 Å². The maximum atomic E-state index is 13.3. The van der Waals surface area contributed by atoms with E-state index >= 15 is 0 Å². The zero-order chi connectivity index (χ0) is 23.5. The molecule has 0 aromatic heterocycles. The number of hydrogen-bond acceptors (Lipinski definition) is 6. The first-order chi connectivity index (χ1) is 15.2. The van der Waals surface area contributed by atoms with E-state index in [2.05, 4.69) is 50.0 Å². The third-order valence-electron chi connectivity index (χ3n) is 6.34. The Hall–Kier alpha value is -2.60. The van der Waals surface area contributed by atoms with Gasteiger partial charge in [-0.15, -0.1) is 0 Å². The van der Waals surface area contributed by atoms with Crippen molar-refractivity contribution in [1.82, 2.24) is 5.32 Å². The summed E-state index contributed by atoms with van der Waals surface area (Å²) in [5, 5.41) is 3.37. The van der Waals surface area contributed by atoms with E-state index in [-0.39, 0.29) is 17.8 Å². The monoisotopic (exact) mass is 440 g/mol. The maximum absolute atomic E-state index is 13.3. The van der Waals surface area contributed by atoms with E-state index in [1.54, 1.807) is 7.11 Å². The highest BCUT2D eigenvalue weighted by atomic mass is 16.6. The molecule has 1 heterocycles. The summed E-state index contributed by atoms with van der Waals surface area (Å²) < 4.78 is 10.5. The highest BCUT2D eigenvalue weighted by Gasteiger charge is 2.43. The van der Waals surface area contributed by atoms with E-state index in [0.717, 1.165) is 42.2 Å². The van der Waals surface area contributed by atoms with Gasteiger partial charge >= 0.3 is 5.97 Å². The lowest BCUT2D eigenvalue weighted by molar-refractivity contribution is -0.140. The Morgan fingerprint density at radius 3 is 2.38 bits per heavy atom. The Balaban J connectivity index is 2.06. The van der Waals surface area contributed by atoms with Crippen molar-refractivity contribution in [3.8, 4) is 0 Å². The van der Waals surface area contributed by atoms with Gasteiger partial charge in [-0.05, 0) is 50.3 Å². The van der Waals surface area contributed by atoms with Crippen molar-refractivity contribution in [3.63, 3.8) is 0 Å². The Morgan fingerprint density at radius 2 is 1.78 bits per heavy atom. The number of hydrogen-bond donors (Lipinski definition) is 1. The number of benzene rings is 1. The fourth-order valence-corrected chi connectivity index (χ4v) is 4.80. The quantitative estimate of drug-likeness (QED) is 0.479. The van der Waals surface area contributed by atoms with E-state index in [0.29, 0.717) is 24.2 Å². The molecule has 2 aliphatic rings. The first kappa shape index (κ1) is 24.1. The van der Waals surface area contributed by atoms with Gasteiger partial charge in [-0.1, -0.05) is 26.0 Å². The molecule has 6 heteroatoms. The number of dihydropyridines is 1. The summed E-state index contributed by atoms with van der Waals surface area (Å²) >= 11 is 0. The van der Waals surface area contributed by atoms with Crippen LogP contribution in [0.15, 0.2) is 46.8 Å². The molecule has 32 heavy (non-hydrogen) atoms. The van der Waals surface area contributed by atoms with Gasteiger partial charge < -0.3 is 19.7 Å². The van der Waals surface area contributed by atoms with E-state index in [1.165, 1.54) is 0 Å². The van der Waals surface area contributed by atoms with Gasteiger partial charge in [0.05, 0.1) is 12.2 Å². The highest BCUT2D eigenvalue weighted by molar-refractivity contribution is 6.04. The van der Waals surface area contributed by atoms with Gasteiger partial charge in [0.15, 0.2) is 5.78 Å². The standard InChI is InChI=1S/C26H36N2O4/c1-7-28(8-2)19-11-9-18(10-12-19)23-22(25(30)32-14-13-31-6)17(3)27-20-15-26(4,5)16-21(29)24(20)23/h9-12,23,27H,7-8,13-16H2,1-6H3/t23-/m1/s1. The van der Waals surface area contributed by atoms with Crippen LogP contribution in [0.4, 0.5) is 5.69 Å². The Morgan fingerprint density at radius 1 is 1.12 bits per heavy atom. The molecule has 0 unspecified atom stereocenters. The summed E-state index contributed by atoms with van der Waals surface area (Å²) in [5.74, 6) is -0.749. The fourth-order valence-electron chi connectivity index (χ4n) is 4.80. The second-order valence-electron chi connectivity index (χ2n) is 9.32. The third kappa shape index (κ3) is 4.90. The summed E-state index contributed by atoms with van der Waals surface area (Å²) in [6, 6.07) is 8.23. The number of rotatable bonds is 8. The zero-order valence-corrected chi connectivity index (χ0v) is 20.2. The van der Waals surface area contributed by atoms with E-state index in [9.17, 15) is 9.59 Å². The topological polar surface area (TPSA) is 67.9 Å². The molecule has 6 nitrogen and oxygen atoms in total. The van der Waals surface area contributed by atoms with Crippen LogP contribution in [-0.2, 0) is 19.1 Å². The van der Waals surface area contributed by atoms with Crippen LogP contribution >= 0.6 is 0 Å². The zero-order valence-electron chi connectivity index (χ0n) is 20.2. The molecule has 0 spiro atoms. The number of ether oxygens (including phenoxy) is 2. The lowest BCUT2D eigenvalue weighted by Gasteiger charge is -2.39. The van der Waals surface area contributed by atoms with Crippen LogP contribution < -0.4 is 10.2 Å². The van der Waals surface area contributed by atoms with Crippen LogP contribution in [0.1, 0.15) is 58.9 Å². The Labute approximate surface area is 191 Å². The van der Waals surface area contributed by atoms with E-state index < -0.39 is 11.9 Å². The molecule has 0 saturated carbocycles. The second-order valence-corrected chi connectivity index (χ2v) is 9.32. The number of carbonyl (C=O) groups is 2. The molecule has 0 bridgehead atoms. The maximum Gasteiger partial charge on any atom is 0.336 e. The molecule has 1 atom stereocenters. The van der Waals surface area contributed by atoms with Crippen LogP contribution in [0.5, 0.6) is 0 Å². The molecule has 0 amide bonds. The number of nitrogens with one attached hydrogen (secondary N) is 1. The van der Waals surface area contributed by atoms with E-state index in [1.807, 2.05) is 19.1 Å². The molecule has 1 aliphatic carbocycles. The molecule has 0 fully saturated rings. The van der Waals surface area contributed by atoms with Gasteiger partial charge in [-0.2, -0.15) is 0 Å². The minimum atomic E-state index is -0.435. The summed E-state index contributed by atoms with van der Waals surface area (Å²) in [4.78, 5) is 28.7. The average molecular weight is 441 g/mol. The lowest BCUT2D eigenvalue weighted by atomic mass is 9.68. The molecular formula is C26H36N2O4. The number of Topliss-reactive ketones (excluding diaryl/α,β-unsaturated/α-hetero) is 1. The van der Waals surface area contributed by atoms with Crippen molar-refractivity contribution in [2.75, 3.05) is 38.3 Å². The predicted molar refractivity (Wildman–Crippen MR) is 126 cm³/mol. The van der Waals surface area contributed by atoms with Crippen LogP contribution in [0.3, 0.4) is 0 Å². The fraction of sp³-hybridized carbons (Fsp3) is 0.538. The summed E-state index contributed by atoms with van der Waals surface area (Å²) in [6.07, 6.45) is 1.23. The van der Waals surface area contributed by atoms with Gasteiger partial charge in [0.2, 0.25) is 0 Å². The van der Waals surface area contributed by atoms with Crippen molar-refractivity contribution < 1.29 is 19.1 Å². The predicted octanol–water partition coefficient (Wildman–Crippen LogP) is 4.33. The SMILES string of the molecule is CCN(CC)c1ccc([C@@H]2C(C(=O)OCCOC)=C(C)NC3=C2C(=O)CC(C)(C)C3)cc1. The Bertz CT molecular complexity index is 924. The first-order valence-electron chi connectivity index (χ1n) is 11.5. The highest BCUT2D eigenvalue weighted by Crippen LogP contribution is 2.46. The smallest absolute Gasteiger partial charge is 0.336 e. The van der Waals surface area contributed by atoms with Crippen LogP contribution in [-0.4, -0.2) is 45.2 Å². The third-order valence-corrected chi connectivity index (χ3v) is 6.34. The summed E-state index contributed by atoms with van der Waals surface area (Å²) in [5.41, 5.74) is 4.82. The van der Waals surface area contributed by atoms with Gasteiger partial charge in [-0.25, -0.2) is 4.79 Å². The summed E-state index contributed by atoms with van der Waals surface area (Å²) in [7, 11) is 1.57. The number of esters is 1. The van der Waals surface area contributed by atoms with Crippen LogP contribution in [0, 0.1) is 5.41 Å². The van der Waals surface area contributed by atoms with Gasteiger partial charge in [0.25, 0.3) is 0 Å². The first-order valence-corrected chi connectivity index (χ1v) is 11.5. The number of anilines is 1. The molecule has 1 aromatic rings. The average Bonchev–Trinajstić information content (AvgIpc) is 2.73. The molecule has 174 valence electrons. The number of nitrogens with zero attached hydrogens (tertiary/aromatic N) is 1. The normalized spacial score (nSPS) is 20.1. The number of methoxy groups -OCH3 is 1. The molecule has 0 saturated heterocycles. The minimum Gasteiger partial charge on any atom is -0.460 e. The van der Waals surface area contributed by atoms with Crippen LogP contribution in [0.2, 0.25) is 0 Å². The molecule has 1 aromatic carbocycles.